The molecule has 0 spiro atoms. The van der Waals surface area contributed by atoms with Gasteiger partial charge in [0.05, 0.1) is 18.3 Å². The van der Waals surface area contributed by atoms with E-state index < -0.39 is 0 Å². The predicted octanol–water partition coefficient (Wildman–Crippen LogP) is 2.86. The van der Waals surface area contributed by atoms with Gasteiger partial charge >= 0.3 is 0 Å². The first kappa shape index (κ1) is 15.7. The lowest BCUT2D eigenvalue weighted by atomic mass is 10.1. The highest BCUT2D eigenvalue weighted by atomic mass is 16.5. The number of hydrogen-bond donors (Lipinski definition) is 0. The van der Waals surface area contributed by atoms with Crippen molar-refractivity contribution in [3.63, 3.8) is 0 Å². The molecule has 4 nitrogen and oxygen atoms in total. The fourth-order valence-corrected chi connectivity index (χ4v) is 2.83. The number of rotatable bonds is 4. The average Bonchev–Trinajstić information content (AvgIpc) is 2.61. The second kappa shape index (κ2) is 7.38. The van der Waals surface area contributed by atoms with Crippen LogP contribution in [0.2, 0.25) is 0 Å². The van der Waals surface area contributed by atoms with Crippen molar-refractivity contribution in [1.29, 1.82) is 0 Å². The zero-order valence-corrected chi connectivity index (χ0v) is 13.4. The number of hydrogen-bond acceptors (Lipinski definition) is 3. The number of amides is 1. The van der Waals surface area contributed by atoms with E-state index in [2.05, 4.69) is 29.2 Å². The SMILES string of the molecule is Cc1ccc(C(=O)N2CCO[C@H](CCc3ccccc3)C2)cn1. The van der Waals surface area contributed by atoms with E-state index in [0.29, 0.717) is 25.3 Å². The van der Waals surface area contributed by atoms with Crippen molar-refractivity contribution in [3.05, 3.63) is 65.5 Å². The van der Waals surface area contributed by atoms with Crippen molar-refractivity contribution >= 4 is 5.91 Å². The van der Waals surface area contributed by atoms with Crippen molar-refractivity contribution in [2.45, 2.75) is 25.9 Å². The summed E-state index contributed by atoms with van der Waals surface area (Å²) in [5.41, 5.74) is 2.88. The third-order valence-corrected chi connectivity index (χ3v) is 4.18. The zero-order valence-electron chi connectivity index (χ0n) is 13.4. The Bertz CT molecular complexity index is 640. The van der Waals surface area contributed by atoms with Gasteiger partial charge in [-0.1, -0.05) is 30.3 Å². The fourth-order valence-electron chi connectivity index (χ4n) is 2.83. The molecule has 1 aliphatic heterocycles. The Balaban J connectivity index is 1.57. The first-order valence-electron chi connectivity index (χ1n) is 8.10. The van der Waals surface area contributed by atoms with Crippen LogP contribution in [0.5, 0.6) is 0 Å². The lowest BCUT2D eigenvalue weighted by molar-refractivity contribution is -0.0246. The number of carbonyl (C=O) groups excluding carboxylic acids is 1. The molecule has 1 aromatic heterocycles. The predicted molar refractivity (Wildman–Crippen MR) is 89.4 cm³/mol. The summed E-state index contributed by atoms with van der Waals surface area (Å²) in [7, 11) is 0. The molecular weight excluding hydrogens is 288 g/mol. The minimum atomic E-state index is 0.0468. The fraction of sp³-hybridized carbons (Fsp3) is 0.368. The van der Waals surface area contributed by atoms with Gasteiger partial charge in [-0.3, -0.25) is 9.78 Å². The summed E-state index contributed by atoms with van der Waals surface area (Å²) in [5, 5.41) is 0. The van der Waals surface area contributed by atoms with E-state index in [1.165, 1.54) is 5.56 Å². The van der Waals surface area contributed by atoms with Gasteiger partial charge in [-0.25, -0.2) is 0 Å². The summed E-state index contributed by atoms with van der Waals surface area (Å²) in [6, 6.07) is 14.1. The van der Waals surface area contributed by atoms with Crippen LogP contribution in [0.4, 0.5) is 0 Å². The number of aromatic nitrogens is 1. The number of nitrogens with zero attached hydrogens (tertiary/aromatic N) is 2. The Morgan fingerprint density at radius 3 is 2.83 bits per heavy atom. The molecule has 1 amide bonds. The first-order chi connectivity index (χ1) is 11.2. The number of aryl methyl sites for hydroxylation is 2. The van der Waals surface area contributed by atoms with Crippen LogP contribution in [-0.4, -0.2) is 41.6 Å². The van der Waals surface area contributed by atoms with Crippen molar-refractivity contribution in [2.75, 3.05) is 19.7 Å². The number of ether oxygens (including phenoxy) is 1. The summed E-state index contributed by atoms with van der Waals surface area (Å²) in [5.74, 6) is 0.0468. The Morgan fingerprint density at radius 2 is 2.09 bits per heavy atom. The van der Waals surface area contributed by atoms with Gasteiger partial charge in [0.2, 0.25) is 0 Å². The third kappa shape index (κ3) is 4.17. The maximum atomic E-state index is 12.6. The van der Waals surface area contributed by atoms with E-state index >= 15 is 0 Å². The Hall–Kier alpha value is -2.20. The third-order valence-electron chi connectivity index (χ3n) is 4.18. The van der Waals surface area contributed by atoms with Gasteiger partial charge < -0.3 is 9.64 Å². The number of benzene rings is 1. The molecular formula is C19H22N2O2. The summed E-state index contributed by atoms with van der Waals surface area (Å²) >= 11 is 0. The van der Waals surface area contributed by atoms with Crippen molar-refractivity contribution in [3.8, 4) is 0 Å². The standard InChI is InChI=1S/C19H22N2O2/c1-15-7-9-17(13-20-15)19(22)21-11-12-23-18(14-21)10-8-16-5-3-2-4-6-16/h2-7,9,13,18H,8,10-12,14H2,1H3/t18-/m1/s1. The molecule has 1 aromatic carbocycles. The Labute approximate surface area is 137 Å². The summed E-state index contributed by atoms with van der Waals surface area (Å²) in [6.07, 6.45) is 3.66. The van der Waals surface area contributed by atoms with E-state index in [9.17, 15) is 4.79 Å². The number of carbonyl (C=O) groups is 1. The second-order valence-electron chi connectivity index (χ2n) is 5.96. The molecule has 1 atom stereocenters. The molecule has 1 fully saturated rings. The van der Waals surface area contributed by atoms with Crippen LogP contribution >= 0.6 is 0 Å². The van der Waals surface area contributed by atoms with Crippen LogP contribution in [0, 0.1) is 6.92 Å². The van der Waals surface area contributed by atoms with Gasteiger partial charge in [-0.2, -0.15) is 0 Å². The maximum Gasteiger partial charge on any atom is 0.255 e. The largest absolute Gasteiger partial charge is 0.375 e. The molecule has 2 heterocycles. The van der Waals surface area contributed by atoms with E-state index in [1.807, 2.05) is 30.0 Å². The molecule has 0 N–H and O–H groups in total. The van der Waals surface area contributed by atoms with Gasteiger partial charge in [-0.15, -0.1) is 0 Å². The zero-order chi connectivity index (χ0) is 16.1. The minimum absolute atomic E-state index is 0.0468. The first-order valence-corrected chi connectivity index (χ1v) is 8.10. The molecule has 0 radical (unpaired) electrons. The lowest BCUT2D eigenvalue weighted by Gasteiger charge is -2.33. The van der Waals surface area contributed by atoms with Crippen LogP contribution in [0.15, 0.2) is 48.7 Å². The minimum Gasteiger partial charge on any atom is -0.375 e. The highest BCUT2D eigenvalue weighted by molar-refractivity contribution is 5.94. The van der Waals surface area contributed by atoms with E-state index in [-0.39, 0.29) is 12.0 Å². The molecule has 0 unspecified atom stereocenters. The van der Waals surface area contributed by atoms with Gasteiger partial charge in [0.25, 0.3) is 5.91 Å². The van der Waals surface area contributed by atoms with Crippen LogP contribution < -0.4 is 0 Å². The second-order valence-corrected chi connectivity index (χ2v) is 5.96. The van der Waals surface area contributed by atoms with Crippen LogP contribution in [0.1, 0.15) is 28.0 Å². The highest BCUT2D eigenvalue weighted by Crippen LogP contribution is 2.15. The van der Waals surface area contributed by atoms with Crippen LogP contribution in [-0.2, 0) is 11.2 Å². The molecule has 1 saturated heterocycles. The smallest absolute Gasteiger partial charge is 0.255 e. The lowest BCUT2D eigenvalue weighted by Crippen LogP contribution is -2.45. The topological polar surface area (TPSA) is 42.4 Å². The number of morpholine rings is 1. The Morgan fingerprint density at radius 1 is 1.26 bits per heavy atom. The monoisotopic (exact) mass is 310 g/mol. The quantitative estimate of drug-likeness (QED) is 0.872. The van der Waals surface area contributed by atoms with Crippen molar-refractivity contribution < 1.29 is 9.53 Å². The summed E-state index contributed by atoms with van der Waals surface area (Å²) in [4.78, 5) is 18.7. The normalized spacial score (nSPS) is 18.0. The molecule has 4 heteroatoms. The van der Waals surface area contributed by atoms with Gasteiger partial charge in [0.15, 0.2) is 0 Å². The summed E-state index contributed by atoms with van der Waals surface area (Å²) < 4.78 is 5.83. The van der Waals surface area contributed by atoms with Crippen molar-refractivity contribution in [2.24, 2.45) is 0 Å². The van der Waals surface area contributed by atoms with Gasteiger partial charge in [-0.05, 0) is 37.5 Å². The van der Waals surface area contributed by atoms with Crippen LogP contribution in [0.3, 0.4) is 0 Å². The van der Waals surface area contributed by atoms with Gasteiger partial charge in [0.1, 0.15) is 0 Å². The summed E-state index contributed by atoms with van der Waals surface area (Å²) in [6.45, 7) is 3.82. The molecule has 23 heavy (non-hydrogen) atoms. The molecule has 3 rings (SSSR count). The molecule has 1 aliphatic rings. The number of pyridine rings is 1. The maximum absolute atomic E-state index is 12.6. The van der Waals surface area contributed by atoms with Crippen molar-refractivity contribution in [1.82, 2.24) is 9.88 Å². The molecule has 2 aromatic rings. The van der Waals surface area contributed by atoms with E-state index in [4.69, 9.17) is 4.74 Å². The van der Waals surface area contributed by atoms with E-state index in [1.54, 1.807) is 6.20 Å². The van der Waals surface area contributed by atoms with Crippen LogP contribution in [0.25, 0.3) is 0 Å². The molecule has 120 valence electrons. The average molecular weight is 310 g/mol. The molecule has 0 bridgehead atoms. The molecule has 0 saturated carbocycles. The molecule has 0 aliphatic carbocycles. The highest BCUT2D eigenvalue weighted by Gasteiger charge is 2.25. The van der Waals surface area contributed by atoms with E-state index in [0.717, 1.165) is 18.5 Å². The van der Waals surface area contributed by atoms with Gasteiger partial charge in [0, 0.05) is 25.0 Å². The Kier molecular flexibility index (Phi) is 5.03.